The lowest BCUT2D eigenvalue weighted by Crippen LogP contribution is -2.53. The highest BCUT2D eigenvalue weighted by atomic mass is 16.5. The Labute approximate surface area is 172 Å². The zero-order chi connectivity index (χ0) is 19.8. The van der Waals surface area contributed by atoms with Crippen LogP contribution in [0.1, 0.15) is 28.9 Å². The molecule has 0 radical (unpaired) electrons. The van der Waals surface area contributed by atoms with Crippen LogP contribution < -0.4 is 0 Å². The summed E-state index contributed by atoms with van der Waals surface area (Å²) < 4.78 is 7.94. The highest BCUT2D eigenvalue weighted by molar-refractivity contribution is 5.69. The van der Waals surface area contributed by atoms with Gasteiger partial charge in [-0.1, -0.05) is 48.5 Å². The van der Waals surface area contributed by atoms with E-state index in [0.717, 1.165) is 43.3 Å². The first-order valence-corrected chi connectivity index (χ1v) is 10.4. The molecule has 29 heavy (non-hydrogen) atoms. The minimum atomic E-state index is 0.329. The second-order valence-electron chi connectivity index (χ2n) is 8.20. The Hall–Kier alpha value is -2.69. The first-order valence-electron chi connectivity index (χ1n) is 10.4. The van der Waals surface area contributed by atoms with Gasteiger partial charge in [0.05, 0.1) is 30.6 Å². The molecule has 2 bridgehead atoms. The van der Waals surface area contributed by atoms with Crippen molar-refractivity contribution >= 4 is 5.57 Å². The van der Waals surface area contributed by atoms with Crippen molar-refractivity contribution in [3.8, 4) is 5.69 Å². The largest absolute Gasteiger partial charge is 0.378 e. The second-order valence-corrected chi connectivity index (χ2v) is 8.20. The van der Waals surface area contributed by atoms with Crippen molar-refractivity contribution in [2.45, 2.75) is 38.9 Å². The van der Waals surface area contributed by atoms with Crippen LogP contribution in [-0.2, 0) is 11.3 Å². The van der Waals surface area contributed by atoms with Crippen molar-refractivity contribution in [2.24, 2.45) is 0 Å². The number of aryl methyl sites for hydroxylation is 2. The fourth-order valence-electron chi connectivity index (χ4n) is 4.64. The Morgan fingerprint density at radius 3 is 2.62 bits per heavy atom. The van der Waals surface area contributed by atoms with Gasteiger partial charge in [-0.15, -0.1) is 0 Å². The summed E-state index contributed by atoms with van der Waals surface area (Å²) >= 11 is 0. The van der Waals surface area contributed by atoms with E-state index in [4.69, 9.17) is 4.74 Å². The Balaban J connectivity index is 1.44. The second kappa shape index (κ2) is 7.62. The number of morpholine rings is 1. The monoisotopic (exact) mass is 385 g/mol. The van der Waals surface area contributed by atoms with Gasteiger partial charge in [-0.05, 0) is 55.2 Å². The van der Waals surface area contributed by atoms with Gasteiger partial charge in [0.15, 0.2) is 0 Å². The van der Waals surface area contributed by atoms with Gasteiger partial charge in [0.25, 0.3) is 0 Å². The van der Waals surface area contributed by atoms with E-state index in [1.807, 2.05) is 11.6 Å². The quantitative estimate of drug-likeness (QED) is 0.660. The van der Waals surface area contributed by atoms with E-state index in [9.17, 15) is 0 Å². The summed E-state index contributed by atoms with van der Waals surface area (Å²) in [5, 5.41) is 4.65. The molecule has 5 rings (SSSR count). The molecule has 2 unspecified atom stereocenters. The number of fused-ring (bicyclic) bond motifs is 2. The number of hydrogen-bond donors (Lipinski definition) is 0. The molecule has 3 aromatic rings. The number of ether oxygens (including phenoxy) is 1. The first kappa shape index (κ1) is 18.3. The topological polar surface area (TPSA) is 30.3 Å². The van der Waals surface area contributed by atoms with E-state index in [1.54, 1.807) is 0 Å². The van der Waals surface area contributed by atoms with Gasteiger partial charge in [0.1, 0.15) is 0 Å². The van der Waals surface area contributed by atoms with Crippen LogP contribution in [0.4, 0.5) is 0 Å². The normalized spacial score (nSPS) is 21.8. The van der Waals surface area contributed by atoms with Gasteiger partial charge in [0.2, 0.25) is 0 Å². The Bertz CT molecular complexity index is 1040. The molecule has 1 aromatic heterocycles. The summed E-state index contributed by atoms with van der Waals surface area (Å²) in [6.07, 6.45) is 3.43. The lowest BCUT2D eigenvalue weighted by atomic mass is 9.89. The molecule has 1 saturated heterocycles. The maximum atomic E-state index is 5.90. The molecule has 0 spiro atoms. The third-order valence-electron chi connectivity index (χ3n) is 6.02. The van der Waals surface area contributed by atoms with E-state index < -0.39 is 0 Å². The number of nitrogens with zero attached hydrogens (tertiary/aromatic N) is 3. The predicted octanol–water partition coefficient (Wildman–Crippen LogP) is 4.55. The molecule has 0 saturated carbocycles. The zero-order valence-electron chi connectivity index (χ0n) is 17.1. The van der Waals surface area contributed by atoms with Crippen LogP contribution in [0.5, 0.6) is 0 Å². The first-order chi connectivity index (χ1) is 14.2. The molecular weight excluding hydrogens is 358 g/mol. The Morgan fingerprint density at radius 2 is 1.86 bits per heavy atom. The summed E-state index contributed by atoms with van der Waals surface area (Å²) in [5.74, 6) is 0. The summed E-state index contributed by atoms with van der Waals surface area (Å²) in [5.41, 5.74) is 7.43. The summed E-state index contributed by atoms with van der Waals surface area (Å²) in [7, 11) is 0. The molecule has 2 aliphatic heterocycles. The SMILES string of the molecule is Cc1cc(C)n(-c2cccc(C3=CC4COCC(C3)N4Cc3ccccc3)c2)n1. The average molecular weight is 386 g/mol. The summed E-state index contributed by atoms with van der Waals surface area (Å²) in [6.45, 7) is 6.70. The van der Waals surface area contributed by atoms with E-state index in [2.05, 4.69) is 83.7 Å². The molecular formula is C25H27N3O. The highest BCUT2D eigenvalue weighted by Gasteiger charge is 2.34. The average Bonchev–Trinajstić information content (AvgIpc) is 3.07. The highest BCUT2D eigenvalue weighted by Crippen LogP contribution is 2.34. The van der Waals surface area contributed by atoms with Crippen LogP contribution in [0, 0.1) is 13.8 Å². The Morgan fingerprint density at radius 1 is 1.00 bits per heavy atom. The van der Waals surface area contributed by atoms with E-state index in [-0.39, 0.29) is 0 Å². The van der Waals surface area contributed by atoms with Crippen LogP contribution in [0.25, 0.3) is 11.3 Å². The summed E-state index contributed by atoms with van der Waals surface area (Å²) in [6, 6.07) is 22.4. The van der Waals surface area contributed by atoms with E-state index >= 15 is 0 Å². The van der Waals surface area contributed by atoms with Crippen molar-refractivity contribution in [3.05, 3.63) is 89.3 Å². The molecule has 2 aliphatic rings. The fraction of sp³-hybridized carbons (Fsp3) is 0.320. The Kier molecular flexibility index (Phi) is 4.82. The smallest absolute Gasteiger partial charge is 0.0658 e. The van der Waals surface area contributed by atoms with Gasteiger partial charge in [-0.2, -0.15) is 5.10 Å². The number of hydrogen-bond acceptors (Lipinski definition) is 3. The van der Waals surface area contributed by atoms with Crippen LogP contribution in [0.3, 0.4) is 0 Å². The third-order valence-corrected chi connectivity index (χ3v) is 6.02. The lowest BCUT2D eigenvalue weighted by Gasteiger charge is -2.45. The fourth-order valence-corrected chi connectivity index (χ4v) is 4.64. The molecule has 3 heterocycles. The van der Waals surface area contributed by atoms with Crippen LogP contribution in [0.15, 0.2) is 66.7 Å². The van der Waals surface area contributed by atoms with Crippen LogP contribution >= 0.6 is 0 Å². The number of rotatable bonds is 4. The van der Waals surface area contributed by atoms with Crippen molar-refractivity contribution in [3.63, 3.8) is 0 Å². The maximum absolute atomic E-state index is 5.90. The van der Waals surface area contributed by atoms with Gasteiger partial charge in [-0.3, -0.25) is 4.90 Å². The molecule has 148 valence electrons. The molecule has 0 aliphatic carbocycles. The molecule has 2 aromatic carbocycles. The predicted molar refractivity (Wildman–Crippen MR) is 116 cm³/mol. The van der Waals surface area contributed by atoms with E-state index in [1.165, 1.54) is 16.7 Å². The van der Waals surface area contributed by atoms with E-state index in [0.29, 0.717) is 12.1 Å². The molecule has 1 fully saturated rings. The van der Waals surface area contributed by atoms with Crippen LogP contribution in [0.2, 0.25) is 0 Å². The third kappa shape index (κ3) is 3.66. The molecule has 0 N–H and O–H groups in total. The van der Waals surface area contributed by atoms with Gasteiger partial charge >= 0.3 is 0 Å². The van der Waals surface area contributed by atoms with Gasteiger partial charge in [0, 0.05) is 18.3 Å². The minimum Gasteiger partial charge on any atom is -0.378 e. The summed E-state index contributed by atoms with van der Waals surface area (Å²) in [4.78, 5) is 2.60. The molecule has 2 atom stereocenters. The minimum absolute atomic E-state index is 0.329. The molecule has 0 amide bonds. The van der Waals surface area contributed by atoms with Crippen molar-refractivity contribution in [2.75, 3.05) is 13.2 Å². The van der Waals surface area contributed by atoms with Crippen LogP contribution in [-0.4, -0.2) is 40.0 Å². The number of benzene rings is 2. The van der Waals surface area contributed by atoms with Crippen molar-refractivity contribution in [1.29, 1.82) is 0 Å². The zero-order valence-corrected chi connectivity index (χ0v) is 17.1. The molecule has 4 nitrogen and oxygen atoms in total. The van der Waals surface area contributed by atoms with Gasteiger partial charge < -0.3 is 4.74 Å². The standard InChI is InChI=1S/C25H27N3O/c1-18-11-19(2)28(26-18)23-10-6-9-21(12-23)22-13-24-16-29-17-25(14-22)27(24)15-20-7-4-3-5-8-20/h3-13,24-25H,14-17H2,1-2H3. The molecule has 4 heteroatoms. The lowest BCUT2D eigenvalue weighted by molar-refractivity contribution is -0.0402. The number of aromatic nitrogens is 2. The van der Waals surface area contributed by atoms with Gasteiger partial charge in [-0.25, -0.2) is 4.68 Å². The maximum Gasteiger partial charge on any atom is 0.0658 e. The van der Waals surface area contributed by atoms with Crippen molar-refractivity contribution < 1.29 is 4.74 Å². The van der Waals surface area contributed by atoms with Crippen molar-refractivity contribution in [1.82, 2.24) is 14.7 Å².